The summed E-state index contributed by atoms with van der Waals surface area (Å²) >= 11 is 5.84. The standard InChI is InChI=1S/C31H32ClFN4O4/c1-18(38)24-16-35(26-10-8-20(13-23(24)26)31(41)37-15-19-7-9-22(37)12-19)17-28(39)36-11-3-6-27(36)30(40)34-14-21-4-2-5-25(32)29(21)33/h2,4-5,8,10,13,16,19,22,27H,3,6-7,9,11-12,14-15,17H2,1H3,(H,34,40)/t19?,22?,27-/m0/s1. The third kappa shape index (κ3) is 5.12. The molecule has 1 aromatic heterocycles. The maximum Gasteiger partial charge on any atom is 0.254 e. The first-order valence-corrected chi connectivity index (χ1v) is 14.5. The zero-order valence-corrected chi connectivity index (χ0v) is 23.6. The quantitative estimate of drug-likeness (QED) is 0.416. The average molecular weight is 579 g/mol. The maximum absolute atomic E-state index is 14.3. The van der Waals surface area contributed by atoms with Gasteiger partial charge in [-0.05, 0) is 69.2 Å². The number of nitrogens with one attached hydrogen (secondary N) is 1. The third-order valence-electron chi connectivity index (χ3n) is 8.84. The number of hydrogen-bond acceptors (Lipinski definition) is 4. The molecule has 2 bridgehead atoms. The van der Waals surface area contributed by atoms with Crippen LogP contribution >= 0.6 is 11.6 Å². The van der Waals surface area contributed by atoms with Crippen LogP contribution < -0.4 is 5.32 Å². The molecule has 3 fully saturated rings. The first-order valence-electron chi connectivity index (χ1n) is 14.2. The van der Waals surface area contributed by atoms with Gasteiger partial charge in [0.05, 0.1) is 5.02 Å². The molecule has 1 saturated carbocycles. The van der Waals surface area contributed by atoms with Gasteiger partial charge in [-0.1, -0.05) is 23.7 Å². The van der Waals surface area contributed by atoms with E-state index >= 15 is 0 Å². The van der Waals surface area contributed by atoms with Crippen LogP contribution in [0.5, 0.6) is 0 Å². The third-order valence-corrected chi connectivity index (χ3v) is 9.14. The number of fused-ring (bicyclic) bond motifs is 3. The zero-order chi connectivity index (χ0) is 28.8. The molecule has 2 aliphatic heterocycles. The van der Waals surface area contributed by atoms with Crippen molar-refractivity contribution in [2.75, 3.05) is 13.1 Å². The minimum absolute atomic E-state index is 0.0130. The molecule has 0 radical (unpaired) electrons. The van der Waals surface area contributed by atoms with E-state index in [-0.39, 0.29) is 47.2 Å². The van der Waals surface area contributed by atoms with Crippen molar-refractivity contribution < 1.29 is 23.6 Å². The van der Waals surface area contributed by atoms with Crippen LogP contribution in [0.25, 0.3) is 10.9 Å². The summed E-state index contributed by atoms with van der Waals surface area (Å²) in [6.07, 6.45) is 6.12. The number of hydrogen-bond donors (Lipinski definition) is 1. The number of rotatable bonds is 7. The fourth-order valence-electron chi connectivity index (χ4n) is 6.74. The highest BCUT2D eigenvalue weighted by Crippen LogP contribution is 2.38. The van der Waals surface area contributed by atoms with E-state index in [4.69, 9.17) is 11.6 Å². The molecule has 3 aromatic rings. The number of amides is 3. The molecule has 2 unspecified atom stereocenters. The number of aromatic nitrogens is 1. The van der Waals surface area contributed by atoms with Crippen LogP contribution in [-0.2, 0) is 22.7 Å². The highest BCUT2D eigenvalue weighted by atomic mass is 35.5. The second kappa shape index (κ2) is 10.9. The van der Waals surface area contributed by atoms with Crippen LogP contribution in [0.4, 0.5) is 4.39 Å². The molecule has 3 atom stereocenters. The number of nitrogens with zero attached hydrogens (tertiary/aromatic N) is 3. The number of carbonyl (C=O) groups is 4. The van der Waals surface area contributed by atoms with Crippen LogP contribution in [0.2, 0.25) is 5.02 Å². The molecule has 2 aromatic carbocycles. The minimum atomic E-state index is -0.668. The number of likely N-dealkylation sites (tertiary alicyclic amines) is 2. The molecule has 214 valence electrons. The van der Waals surface area contributed by atoms with Crippen LogP contribution in [0.1, 0.15) is 65.3 Å². The van der Waals surface area contributed by atoms with Gasteiger partial charge in [-0.15, -0.1) is 0 Å². The van der Waals surface area contributed by atoms with Crippen LogP contribution in [0, 0.1) is 11.7 Å². The SMILES string of the molecule is CC(=O)c1cn(CC(=O)N2CCC[C@H]2C(=O)NCc2cccc(Cl)c2F)c2ccc(C(=O)N3CC4CCC3C4)cc12. The Kier molecular flexibility index (Phi) is 7.32. The lowest BCUT2D eigenvalue weighted by Gasteiger charge is -2.27. The molecule has 1 aliphatic carbocycles. The van der Waals surface area contributed by atoms with Crippen LogP contribution in [-0.4, -0.2) is 63.0 Å². The molecule has 6 rings (SSSR count). The second-order valence-electron chi connectivity index (χ2n) is 11.4. The Hall–Kier alpha value is -3.72. The average Bonchev–Trinajstić information content (AvgIpc) is 3.77. The number of benzene rings is 2. The van der Waals surface area contributed by atoms with Gasteiger partial charge in [0, 0.05) is 59.5 Å². The molecule has 10 heteroatoms. The molecule has 1 N–H and O–H groups in total. The topological polar surface area (TPSA) is 91.7 Å². The Labute approximate surface area is 242 Å². The number of piperidine rings is 1. The van der Waals surface area contributed by atoms with Crippen molar-refractivity contribution in [3.8, 4) is 0 Å². The lowest BCUT2D eigenvalue weighted by Crippen LogP contribution is -2.46. The van der Waals surface area contributed by atoms with Gasteiger partial charge in [-0.3, -0.25) is 19.2 Å². The summed E-state index contributed by atoms with van der Waals surface area (Å²) in [4.78, 5) is 55.8. The van der Waals surface area contributed by atoms with Crippen molar-refractivity contribution in [1.29, 1.82) is 0 Å². The van der Waals surface area contributed by atoms with Crippen molar-refractivity contribution in [3.05, 3.63) is 70.1 Å². The maximum atomic E-state index is 14.3. The summed E-state index contributed by atoms with van der Waals surface area (Å²) in [6.45, 7) is 2.60. The van der Waals surface area contributed by atoms with E-state index in [0.717, 1.165) is 19.4 Å². The second-order valence-corrected chi connectivity index (χ2v) is 11.8. The number of Topliss-reactive ketones (excluding diaryl/α,β-unsaturated/α-hetero) is 1. The monoisotopic (exact) mass is 578 g/mol. The van der Waals surface area contributed by atoms with Gasteiger partial charge in [0.25, 0.3) is 5.91 Å². The van der Waals surface area contributed by atoms with Crippen molar-refractivity contribution in [1.82, 2.24) is 19.7 Å². The van der Waals surface area contributed by atoms with Crippen molar-refractivity contribution in [2.45, 2.75) is 64.2 Å². The van der Waals surface area contributed by atoms with Gasteiger partial charge in [-0.25, -0.2) is 4.39 Å². The van der Waals surface area contributed by atoms with Gasteiger partial charge in [0.2, 0.25) is 11.8 Å². The molecule has 3 aliphatic rings. The number of ketones is 1. The summed E-state index contributed by atoms with van der Waals surface area (Å²) in [5.74, 6) is -0.763. The van der Waals surface area contributed by atoms with Crippen molar-refractivity contribution in [2.24, 2.45) is 5.92 Å². The lowest BCUT2D eigenvalue weighted by atomic mass is 10.0. The van der Waals surface area contributed by atoms with E-state index in [1.807, 2.05) is 4.90 Å². The Morgan fingerprint density at radius 3 is 2.63 bits per heavy atom. The molecule has 0 spiro atoms. The molecule has 2 saturated heterocycles. The van der Waals surface area contributed by atoms with E-state index in [2.05, 4.69) is 5.32 Å². The predicted octanol–water partition coefficient (Wildman–Crippen LogP) is 4.57. The first-order chi connectivity index (χ1) is 19.7. The molecular formula is C31H32ClFN4O4. The summed E-state index contributed by atoms with van der Waals surface area (Å²) in [6, 6.07) is 9.57. The van der Waals surface area contributed by atoms with Crippen molar-refractivity contribution >= 4 is 46.0 Å². The molecule has 3 amide bonds. The Balaban J connectivity index is 1.18. The van der Waals surface area contributed by atoms with Gasteiger partial charge in [0.15, 0.2) is 5.78 Å². The van der Waals surface area contributed by atoms with Crippen LogP contribution in [0.3, 0.4) is 0 Å². The van der Waals surface area contributed by atoms with Gasteiger partial charge in [0.1, 0.15) is 18.4 Å². The summed E-state index contributed by atoms with van der Waals surface area (Å²) < 4.78 is 16.0. The summed E-state index contributed by atoms with van der Waals surface area (Å²) in [5.41, 5.74) is 1.95. The van der Waals surface area contributed by atoms with Gasteiger partial charge >= 0.3 is 0 Å². The molecule has 41 heavy (non-hydrogen) atoms. The van der Waals surface area contributed by atoms with Gasteiger partial charge < -0.3 is 19.7 Å². The lowest BCUT2D eigenvalue weighted by molar-refractivity contribution is -0.138. The summed E-state index contributed by atoms with van der Waals surface area (Å²) in [7, 11) is 0. The Morgan fingerprint density at radius 2 is 1.90 bits per heavy atom. The molecule has 8 nitrogen and oxygen atoms in total. The highest BCUT2D eigenvalue weighted by Gasteiger charge is 2.40. The zero-order valence-electron chi connectivity index (χ0n) is 22.9. The minimum Gasteiger partial charge on any atom is -0.350 e. The number of carbonyl (C=O) groups excluding carboxylic acids is 4. The molecule has 3 heterocycles. The van der Waals surface area contributed by atoms with Gasteiger partial charge in [-0.2, -0.15) is 0 Å². The fraction of sp³-hybridized carbons (Fsp3) is 0.419. The Morgan fingerprint density at radius 1 is 1.07 bits per heavy atom. The first kappa shape index (κ1) is 27.4. The normalized spacial score (nSPS) is 21.6. The Bertz CT molecular complexity index is 1570. The van der Waals surface area contributed by atoms with E-state index in [1.165, 1.54) is 19.4 Å². The largest absolute Gasteiger partial charge is 0.350 e. The van der Waals surface area contributed by atoms with Crippen LogP contribution in [0.15, 0.2) is 42.6 Å². The fourth-order valence-corrected chi connectivity index (χ4v) is 6.93. The van der Waals surface area contributed by atoms with Crippen molar-refractivity contribution in [3.63, 3.8) is 0 Å². The predicted molar refractivity (Wildman–Crippen MR) is 152 cm³/mol. The van der Waals surface area contributed by atoms with E-state index in [1.54, 1.807) is 46.0 Å². The van der Waals surface area contributed by atoms with E-state index in [9.17, 15) is 23.6 Å². The highest BCUT2D eigenvalue weighted by molar-refractivity contribution is 6.30. The van der Waals surface area contributed by atoms with E-state index < -0.39 is 11.9 Å². The number of halogens is 2. The smallest absolute Gasteiger partial charge is 0.254 e. The summed E-state index contributed by atoms with van der Waals surface area (Å²) in [5, 5.41) is 3.36. The van der Waals surface area contributed by atoms with E-state index in [0.29, 0.717) is 53.4 Å². The molecular weight excluding hydrogens is 547 g/mol.